The van der Waals surface area contributed by atoms with E-state index < -0.39 is 11.5 Å². The Balaban J connectivity index is 1.84. The van der Waals surface area contributed by atoms with E-state index in [9.17, 15) is 9.59 Å². The zero-order valence-corrected chi connectivity index (χ0v) is 18.6. The molecule has 3 N–H and O–H groups in total. The lowest BCUT2D eigenvalue weighted by Gasteiger charge is -2.22. The number of nitrogens with two attached hydrogens (primary N) is 1. The largest absolute Gasteiger partial charge is 0.496 e. The van der Waals surface area contributed by atoms with E-state index in [0.29, 0.717) is 35.4 Å². The second-order valence-electron chi connectivity index (χ2n) is 7.32. The molecular weight excluding hydrogens is 412 g/mol. The molecular formula is C24H28N2O6. The van der Waals surface area contributed by atoms with Crippen LogP contribution in [0, 0.1) is 0 Å². The Morgan fingerprint density at radius 3 is 2.44 bits per heavy atom. The molecule has 0 aliphatic rings. The van der Waals surface area contributed by atoms with Gasteiger partial charge in [-0.25, -0.2) is 4.79 Å². The Morgan fingerprint density at radius 1 is 1.12 bits per heavy atom. The Labute approximate surface area is 186 Å². The molecule has 3 aromatic rings. The first kappa shape index (κ1) is 23.5. The molecule has 3 rings (SSSR count). The zero-order chi connectivity index (χ0) is 23.3. The number of benzene rings is 2. The first-order chi connectivity index (χ1) is 15.4. The highest BCUT2D eigenvalue weighted by Gasteiger charge is 2.20. The first-order valence-electron chi connectivity index (χ1n) is 10.3. The summed E-state index contributed by atoms with van der Waals surface area (Å²) in [7, 11) is 4.72. The summed E-state index contributed by atoms with van der Waals surface area (Å²) < 4.78 is 21.4. The number of amides is 1. The van der Waals surface area contributed by atoms with Crippen LogP contribution in [0.3, 0.4) is 0 Å². The molecule has 2 atom stereocenters. The zero-order valence-electron chi connectivity index (χ0n) is 18.6. The van der Waals surface area contributed by atoms with Gasteiger partial charge in [0.1, 0.15) is 16.9 Å². The average Bonchev–Trinajstić information content (AvgIpc) is 2.79. The standard InChI is InChI=1S/C24H28N2O6/c1-5-17-20(30-3)11-8-15-12-18(24(28)32-21(15)17)23(27)26-16-9-6-14(7-10-16)22(31-4)19(25)13-29-2/h6-12,19,22H,5,13,25H2,1-4H3,(H,26,27)/t19-,22-/m0/s1. The van der Waals surface area contributed by atoms with Crippen LogP contribution in [0.2, 0.25) is 0 Å². The topological polar surface area (TPSA) is 113 Å². The number of ether oxygens (including phenoxy) is 3. The molecule has 0 radical (unpaired) electrons. The van der Waals surface area contributed by atoms with Gasteiger partial charge in [-0.3, -0.25) is 4.79 Å². The number of fused-ring (bicyclic) bond motifs is 1. The second-order valence-corrected chi connectivity index (χ2v) is 7.32. The summed E-state index contributed by atoms with van der Waals surface area (Å²) in [6.07, 6.45) is 0.273. The number of carbonyl (C=O) groups excluding carboxylic acids is 1. The van der Waals surface area contributed by atoms with Crippen molar-refractivity contribution in [2.24, 2.45) is 5.73 Å². The molecule has 1 amide bonds. The summed E-state index contributed by atoms with van der Waals surface area (Å²) in [5, 5.41) is 3.38. The third-order valence-electron chi connectivity index (χ3n) is 5.28. The van der Waals surface area contributed by atoms with E-state index in [1.165, 1.54) is 6.07 Å². The minimum absolute atomic E-state index is 0.0781. The Kier molecular flexibility index (Phi) is 7.63. The maximum Gasteiger partial charge on any atom is 0.349 e. The number of carbonyl (C=O) groups is 1. The third-order valence-corrected chi connectivity index (χ3v) is 5.28. The molecule has 1 heterocycles. The first-order valence-corrected chi connectivity index (χ1v) is 10.3. The summed E-state index contributed by atoms with van der Waals surface area (Å²) in [4.78, 5) is 25.3. The van der Waals surface area contributed by atoms with Crippen LogP contribution in [0.4, 0.5) is 5.69 Å². The molecule has 0 unspecified atom stereocenters. The van der Waals surface area contributed by atoms with Crippen LogP contribution < -0.4 is 21.4 Å². The van der Waals surface area contributed by atoms with Crippen LogP contribution in [-0.2, 0) is 15.9 Å². The van der Waals surface area contributed by atoms with E-state index in [1.54, 1.807) is 45.6 Å². The van der Waals surface area contributed by atoms with Crippen molar-refractivity contribution in [1.29, 1.82) is 0 Å². The van der Waals surface area contributed by atoms with Gasteiger partial charge in [-0.15, -0.1) is 0 Å². The van der Waals surface area contributed by atoms with Gasteiger partial charge >= 0.3 is 5.63 Å². The Bertz CT molecular complexity index is 1140. The van der Waals surface area contributed by atoms with Crippen LogP contribution in [-0.4, -0.2) is 39.9 Å². The normalized spacial score (nSPS) is 13.0. The summed E-state index contributed by atoms with van der Waals surface area (Å²) in [6.45, 7) is 2.29. The van der Waals surface area contributed by atoms with Crippen LogP contribution in [0.25, 0.3) is 11.0 Å². The molecule has 0 bridgehead atoms. The smallest absolute Gasteiger partial charge is 0.349 e. The van der Waals surface area contributed by atoms with Crippen molar-refractivity contribution in [3.05, 3.63) is 69.6 Å². The number of aryl methyl sites for hydroxylation is 1. The molecule has 0 aliphatic carbocycles. The highest BCUT2D eigenvalue weighted by atomic mass is 16.5. The van der Waals surface area contributed by atoms with Crippen molar-refractivity contribution in [1.82, 2.24) is 0 Å². The summed E-state index contributed by atoms with van der Waals surface area (Å²) in [6, 6.07) is 11.8. The summed E-state index contributed by atoms with van der Waals surface area (Å²) >= 11 is 0. The minimum atomic E-state index is -0.709. The van der Waals surface area contributed by atoms with E-state index in [4.69, 9.17) is 24.4 Å². The SMILES string of the molecule is CCc1c(OC)ccc2cc(C(=O)Nc3ccc([C@H](OC)[C@@H](N)COC)cc3)c(=O)oc12. The molecule has 0 spiro atoms. The molecule has 8 heteroatoms. The van der Waals surface area contributed by atoms with Crippen molar-refractivity contribution in [3.8, 4) is 5.75 Å². The minimum Gasteiger partial charge on any atom is -0.496 e. The number of hydrogen-bond donors (Lipinski definition) is 2. The second kappa shape index (κ2) is 10.4. The quantitative estimate of drug-likeness (QED) is 0.491. The van der Waals surface area contributed by atoms with Gasteiger partial charge in [-0.05, 0) is 42.3 Å². The van der Waals surface area contributed by atoms with Crippen LogP contribution >= 0.6 is 0 Å². The average molecular weight is 440 g/mol. The predicted molar refractivity (Wildman–Crippen MR) is 122 cm³/mol. The molecule has 2 aromatic carbocycles. The molecule has 1 aromatic heterocycles. The molecule has 170 valence electrons. The molecule has 0 saturated heterocycles. The van der Waals surface area contributed by atoms with Gasteiger partial charge in [0.05, 0.1) is 25.9 Å². The van der Waals surface area contributed by atoms with E-state index in [2.05, 4.69) is 5.32 Å². The van der Waals surface area contributed by atoms with Gasteiger partial charge < -0.3 is 29.7 Å². The van der Waals surface area contributed by atoms with Crippen LogP contribution in [0.1, 0.15) is 34.5 Å². The molecule has 0 fully saturated rings. The van der Waals surface area contributed by atoms with E-state index >= 15 is 0 Å². The van der Waals surface area contributed by atoms with Crippen LogP contribution in [0.5, 0.6) is 5.75 Å². The van der Waals surface area contributed by atoms with Crippen LogP contribution in [0.15, 0.2) is 51.7 Å². The van der Waals surface area contributed by atoms with Gasteiger partial charge in [-0.2, -0.15) is 0 Å². The predicted octanol–water partition coefficient (Wildman–Crippen LogP) is 3.28. The third kappa shape index (κ3) is 4.83. The summed E-state index contributed by atoms with van der Waals surface area (Å²) in [5.74, 6) is 0.0849. The number of rotatable bonds is 9. The lowest BCUT2D eigenvalue weighted by Crippen LogP contribution is -2.33. The lowest BCUT2D eigenvalue weighted by molar-refractivity contribution is 0.0474. The van der Waals surface area contributed by atoms with E-state index in [1.807, 2.05) is 19.1 Å². The van der Waals surface area contributed by atoms with E-state index in [0.717, 1.165) is 11.1 Å². The van der Waals surface area contributed by atoms with Gasteiger partial charge in [0.2, 0.25) is 0 Å². The highest BCUT2D eigenvalue weighted by molar-refractivity contribution is 6.05. The fraction of sp³-hybridized carbons (Fsp3) is 0.333. The maximum atomic E-state index is 12.8. The highest BCUT2D eigenvalue weighted by Crippen LogP contribution is 2.28. The molecule has 0 aliphatic heterocycles. The summed E-state index contributed by atoms with van der Waals surface area (Å²) in [5.41, 5.74) is 7.89. The Morgan fingerprint density at radius 2 is 1.84 bits per heavy atom. The lowest BCUT2D eigenvalue weighted by atomic mass is 10.0. The molecule has 0 saturated carbocycles. The fourth-order valence-corrected chi connectivity index (χ4v) is 3.70. The Hall–Kier alpha value is -3.20. The van der Waals surface area contributed by atoms with E-state index in [-0.39, 0.29) is 17.7 Å². The number of hydrogen-bond acceptors (Lipinski definition) is 7. The van der Waals surface area contributed by atoms with Crippen molar-refractivity contribution >= 4 is 22.6 Å². The van der Waals surface area contributed by atoms with Gasteiger partial charge in [0, 0.05) is 30.9 Å². The van der Waals surface area contributed by atoms with Gasteiger partial charge in [0.15, 0.2) is 0 Å². The molecule has 32 heavy (non-hydrogen) atoms. The van der Waals surface area contributed by atoms with Gasteiger partial charge in [0.25, 0.3) is 5.91 Å². The molecule has 8 nitrogen and oxygen atoms in total. The van der Waals surface area contributed by atoms with Crippen molar-refractivity contribution < 1.29 is 23.4 Å². The monoisotopic (exact) mass is 440 g/mol. The number of methoxy groups -OCH3 is 3. The number of nitrogens with one attached hydrogen (secondary N) is 1. The van der Waals surface area contributed by atoms with Crippen molar-refractivity contribution in [2.45, 2.75) is 25.5 Å². The van der Waals surface area contributed by atoms with Crippen molar-refractivity contribution in [3.63, 3.8) is 0 Å². The fourth-order valence-electron chi connectivity index (χ4n) is 3.70. The maximum absolute atomic E-state index is 12.8. The van der Waals surface area contributed by atoms with Crippen molar-refractivity contribution in [2.75, 3.05) is 33.3 Å². The number of anilines is 1. The van der Waals surface area contributed by atoms with Gasteiger partial charge in [-0.1, -0.05) is 19.1 Å².